The highest BCUT2D eigenvalue weighted by Gasteiger charge is 2.23. The van der Waals surface area contributed by atoms with E-state index in [2.05, 4.69) is 22.1 Å². The van der Waals surface area contributed by atoms with Crippen LogP contribution in [0.5, 0.6) is 5.75 Å². The predicted molar refractivity (Wildman–Crippen MR) is 127 cm³/mol. The summed E-state index contributed by atoms with van der Waals surface area (Å²) in [6, 6.07) is 14.3. The summed E-state index contributed by atoms with van der Waals surface area (Å²) in [6.45, 7) is 2.09. The summed E-state index contributed by atoms with van der Waals surface area (Å²) >= 11 is 0. The van der Waals surface area contributed by atoms with Crippen LogP contribution in [-0.2, 0) is 40.8 Å². The van der Waals surface area contributed by atoms with Gasteiger partial charge in [-0.25, -0.2) is 18.4 Å². The molecule has 0 N–H and O–H groups in total. The van der Waals surface area contributed by atoms with E-state index >= 15 is 0 Å². The van der Waals surface area contributed by atoms with Crippen molar-refractivity contribution in [3.05, 3.63) is 77.1 Å². The average Bonchev–Trinajstić information content (AvgIpc) is 2.82. The number of methoxy groups -OCH3 is 1. The minimum absolute atomic E-state index is 0.437. The second kappa shape index (κ2) is 10.4. The molecule has 0 radical (unpaired) electrons. The number of hydrogen-bond acceptors (Lipinski definition) is 6. The summed E-state index contributed by atoms with van der Waals surface area (Å²) in [5, 5.41) is 0. The Morgan fingerprint density at radius 2 is 1.76 bits per heavy atom. The van der Waals surface area contributed by atoms with Crippen LogP contribution in [0.1, 0.15) is 28.7 Å². The summed E-state index contributed by atoms with van der Waals surface area (Å²) in [7, 11) is -1.50. The zero-order valence-electron chi connectivity index (χ0n) is 19.0. The van der Waals surface area contributed by atoms with Gasteiger partial charge in [0, 0.05) is 43.7 Å². The maximum atomic E-state index is 11.8. The third-order valence-corrected chi connectivity index (χ3v) is 6.98. The number of sulfonamides is 1. The fourth-order valence-electron chi connectivity index (χ4n) is 3.91. The lowest BCUT2D eigenvalue weighted by molar-refractivity contribution is 0.184. The Kier molecular flexibility index (Phi) is 7.37. The molecule has 1 aliphatic heterocycles. The van der Waals surface area contributed by atoms with Crippen LogP contribution >= 0.6 is 0 Å². The molecule has 33 heavy (non-hydrogen) atoms. The van der Waals surface area contributed by atoms with E-state index in [9.17, 15) is 8.42 Å². The van der Waals surface area contributed by atoms with Crippen LogP contribution in [0.4, 0.5) is 0 Å². The molecule has 0 amide bonds. The summed E-state index contributed by atoms with van der Waals surface area (Å²) < 4.78 is 36.1. The zero-order chi connectivity index (χ0) is 23.3. The van der Waals surface area contributed by atoms with E-state index in [4.69, 9.17) is 9.47 Å². The largest absolute Gasteiger partial charge is 0.494 e. The Morgan fingerprint density at radius 3 is 2.45 bits per heavy atom. The molecule has 1 aromatic heterocycles. The fraction of sp³-hybridized carbons (Fsp3) is 0.360. The number of ether oxygens (including phenoxy) is 2. The summed E-state index contributed by atoms with van der Waals surface area (Å²) in [5.74, 6) is 1.54. The third-order valence-electron chi connectivity index (χ3n) is 5.73. The first-order valence-corrected chi connectivity index (χ1v) is 12.9. The lowest BCUT2D eigenvalue weighted by Gasteiger charge is -2.27. The van der Waals surface area contributed by atoms with E-state index in [1.807, 2.05) is 30.3 Å². The Labute approximate surface area is 195 Å². The van der Waals surface area contributed by atoms with Crippen molar-refractivity contribution in [3.8, 4) is 17.1 Å². The summed E-state index contributed by atoms with van der Waals surface area (Å²) in [6.07, 6.45) is 7.38. The molecule has 174 valence electrons. The summed E-state index contributed by atoms with van der Waals surface area (Å²) in [4.78, 5) is 8.82. The molecular formula is C25H29N3O4S. The van der Waals surface area contributed by atoms with E-state index in [0.29, 0.717) is 38.5 Å². The molecule has 0 aliphatic carbocycles. The van der Waals surface area contributed by atoms with Gasteiger partial charge in [0.05, 0.1) is 19.5 Å². The van der Waals surface area contributed by atoms with Gasteiger partial charge in [-0.05, 0) is 48.1 Å². The van der Waals surface area contributed by atoms with Gasteiger partial charge in [0.1, 0.15) is 5.75 Å². The maximum Gasteiger partial charge on any atom is 0.211 e. The average molecular weight is 468 g/mol. The van der Waals surface area contributed by atoms with E-state index in [1.54, 1.807) is 19.5 Å². The van der Waals surface area contributed by atoms with E-state index < -0.39 is 10.0 Å². The fourth-order valence-corrected chi connectivity index (χ4v) is 4.70. The van der Waals surface area contributed by atoms with Crippen molar-refractivity contribution in [2.75, 3.05) is 26.5 Å². The Hall–Kier alpha value is -2.81. The molecule has 0 fully saturated rings. The number of rotatable bonds is 9. The molecule has 7 nitrogen and oxygen atoms in total. The number of benzene rings is 2. The van der Waals surface area contributed by atoms with Crippen molar-refractivity contribution in [1.29, 1.82) is 0 Å². The zero-order valence-corrected chi connectivity index (χ0v) is 19.8. The number of hydrogen-bond donors (Lipinski definition) is 0. The van der Waals surface area contributed by atoms with Crippen molar-refractivity contribution in [2.24, 2.45) is 0 Å². The summed E-state index contributed by atoms with van der Waals surface area (Å²) in [5.41, 5.74) is 5.40. The lowest BCUT2D eigenvalue weighted by atomic mass is 10.0. The van der Waals surface area contributed by atoms with E-state index in [-0.39, 0.29) is 0 Å². The highest BCUT2D eigenvalue weighted by Crippen LogP contribution is 2.25. The molecule has 0 spiro atoms. The van der Waals surface area contributed by atoms with Crippen LogP contribution in [0.2, 0.25) is 0 Å². The van der Waals surface area contributed by atoms with Crippen molar-refractivity contribution in [2.45, 2.75) is 32.4 Å². The number of aryl methyl sites for hydroxylation is 1. The second-order valence-corrected chi connectivity index (χ2v) is 10.3. The van der Waals surface area contributed by atoms with Gasteiger partial charge in [0.15, 0.2) is 5.82 Å². The monoisotopic (exact) mass is 467 g/mol. The number of fused-ring (bicyclic) bond motifs is 1. The maximum absolute atomic E-state index is 11.8. The molecule has 2 aromatic carbocycles. The Morgan fingerprint density at radius 1 is 1.00 bits per heavy atom. The first-order valence-electron chi connectivity index (χ1n) is 11.0. The Balaban J connectivity index is 1.26. The molecule has 4 rings (SSSR count). The molecular weight excluding hydrogens is 438 g/mol. The molecule has 0 atom stereocenters. The number of nitrogens with zero attached hydrogens (tertiary/aromatic N) is 3. The Bertz CT molecular complexity index is 1180. The van der Waals surface area contributed by atoms with Gasteiger partial charge in [-0.15, -0.1) is 0 Å². The van der Waals surface area contributed by atoms with Crippen LogP contribution in [0, 0.1) is 0 Å². The minimum Gasteiger partial charge on any atom is -0.494 e. The second-order valence-electron chi connectivity index (χ2n) is 8.27. The highest BCUT2D eigenvalue weighted by molar-refractivity contribution is 7.88. The molecule has 8 heteroatoms. The lowest BCUT2D eigenvalue weighted by Crippen LogP contribution is -2.35. The molecule has 0 saturated heterocycles. The van der Waals surface area contributed by atoms with Crippen molar-refractivity contribution < 1.29 is 17.9 Å². The normalized spacial score (nSPS) is 14.1. The standard InChI is InChI=1S/C25H29N3O4S/c1-31-18-20-15-26-25(27-16-20)21-7-5-19(6-8-21)4-3-13-32-24-10-9-23-17-28(33(2,29)30)12-11-22(23)14-24/h5-10,14-16H,3-4,11-13,17-18H2,1-2H3. The van der Waals surface area contributed by atoms with Gasteiger partial charge in [-0.2, -0.15) is 4.31 Å². The predicted octanol–water partition coefficient (Wildman–Crippen LogP) is 3.62. The SMILES string of the molecule is COCc1cnc(-c2ccc(CCCOc3ccc4c(c3)CCN(S(C)(=O)=O)C4)cc2)nc1. The van der Waals surface area contributed by atoms with Gasteiger partial charge in [0.25, 0.3) is 0 Å². The van der Waals surface area contributed by atoms with Crippen LogP contribution in [0.3, 0.4) is 0 Å². The molecule has 2 heterocycles. The first kappa shape index (κ1) is 23.4. The molecule has 0 bridgehead atoms. The molecule has 0 saturated carbocycles. The van der Waals surface area contributed by atoms with Crippen LogP contribution in [0.25, 0.3) is 11.4 Å². The van der Waals surface area contributed by atoms with E-state index in [1.165, 1.54) is 21.7 Å². The smallest absolute Gasteiger partial charge is 0.211 e. The van der Waals surface area contributed by atoms with Crippen LogP contribution in [0.15, 0.2) is 54.9 Å². The van der Waals surface area contributed by atoms with Gasteiger partial charge in [-0.1, -0.05) is 30.3 Å². The van der Waals surface area contributed by atoms with Gasteiger partial charge < -0.3 is 9.47 Å². The molecule has 0 unspecified atom stereocenters. The van der Waals surface area contributed by atoms with E-state index in [0.717, 1.165) is 35.3 Å². The van der Waals surface area contributed by atoms with Crippen LogP contribution in [-0.4, -0.2) is 49.2 Å². The first-order chi connectivity index (χ1) is 15.9. The number of aromatic nitrogens is 2. The van der Waals surface area contributed by atoms with Crippen molar-refractivity contribution in [1.82, 2.24) is 14.3 Å². The molecule has 1 aliphatic rings. The topological polar surface area (TPSA) is 81.6 Å². The van der Waals surface area contributed by atoms with Crippen molar-refractivity contribution >= 4 is 10.0 Å². The quantitative estimate of drug-likeness (QED) is 0.447. The van der Waals surface area contributed by atoms with Gasteiger partial charge >= 0.3 is 0 Å². The highest BCUT2D eigenvalue weighted by atomic mass is 32.2. The minimum atomic E-state index is -3.15. The van der Waals surface area contributed by atoms with Gasteiger partial charge in [0.2, 0.25) is 10.0 Å². The van der Waals surface area contributed by atoms with Gasteiger partial charge in [-0.3, -0.25) is 0 Å². The van der Waals surface area contributed by atoms with Crippen LogP contribution < -0.4 is 4.74 Å². The third kappa shape index (κ3) is 6.16. The molecule has 3 aromatic rings. The van der Waals surface area contributed by atoms with Crippen molar-refractivity contribution in [3.63, 3.8) is 0 Å².